The van der Waals surface area contributed by atoms with Crippen molar-refractivity contribution in [2.24, 2.45) is 0 Å². The quantitative estimate of drug-likeness (QED) is 0.717. The lowest BCUT2D eigenvalue weighted by atomic mass is 10.1. The van der Waals surface area contributed by atoms with Crippen LogP contribution in [0.15, 0.2) is 45.6 Å². The van der Waals surface area contributed by atoms with Gasteiger partial charge in [0.15, 0.2) is 5.57 Å². The van der Waals surface area contributed by atoms with Crippen LogP contribution in [0.4, 0.5) is 0 Å². The fourth-order valence-electron chi connectivity index (χ4n) is 2.55. The Hall–Kier alpha value is -3.35. The van der Waals surface area contributed by atoms with Crippen LogP contribution in [-0.4, -0.2) is 4.57 Å². The van der Waals surface area contributed by atoms with Gasteiger partial charge in [-0.2, -0.15) is 10.5 Å². The van der Waals surface area contributed by atoms with E-state index in [-0.39, 0.29) is 11.1 Å². The minimum Gasteiger partial charge on any atom is -0.462 e. The molecular weight excluding hydrogens is 346 g/mol. The highest BCUT2D eigenvalue weighted by Crippen LogP contribution is 2.09. The first kappa shape index (κ1) is 17.5. The van der Waals surface area contributed by atoms with Crippen molar-refractivity contribution in [1.82, 2.24) is 4.57 Å². The summed E-state index contributed by atoms with van der Waals surface area (Å²) in [7, 11) is 0. The molecule has 0 atom stereocenters. The molecule has 0 saturated carbocycles. The van der Waals surface area contributed by atoms with E-state index in [0.717, 1.165) is 29.1 Å². The van der Waals surface area contributed by atoms with Crippen molar-refractivity contribution in [3.8, 4) is 17.8 Å². The molecule has 0 fully saturated rings. The van der Waals surface area contributed by atoms with E-state index in [9.17, 15) is 15.3 Å². The molecule has 0 unspecified atom stereocenters. The van der Waals surface area contributed by atoms with Gasteiger partial charge in [0.25, 0.3) is 5.56 Å². The molecule has 26 heavy (non-hydrogen) atoms. The average molecular weight is 361 g/mol. The second-order valence-corrected chi connectivity index (χ2v) is 6.65. The zero-order chi connectivity index (χ0) is 18.7. The maximum Gasteiger partial charge on any atom is 0.273 e. The van der Waals surface area contributed by atoms with Gasteiger partial charge in [0.1, 0.15) is 28.3 Å². The fraction of sp³-hybridized carbons (Fsp3) is 0.150. The van der Waals surface area contributed by atoms with Crippen molar-refractivity contribution in [2.75, 3.05) is 0 Å². The summed E-state index contributed by atoms with van der Waals surface area (Å²) in [4.78, 5) is 13.0. The zero-order valence-corrected chi connectivity index (χ0v) is 15.1. The maximum absolute atomic E-state index is 13.0. The Morgan fingerprint density at radius 3 is 2.42 bits per heavy atom. The van der Waals surface area contributed by atoms with Crippen LogP contribution >= 0.6 is 11.3 Å². The van der Waals surface area contributed by atoms with Gasteiger partial charge in [-0.05, 0) is 43.2 Å². The summed E-state index contributed by atoms with van der Waals surface area (Å²) in [5.74, 6) is 1.29. The van der Waals surface area contributed by atoms with Crippen molar-refractivity contribution < 1.29 is 4.42 Å². The van der Waals surface area contributed by atoms with Crippen molar-refractivity contribution in [3.05, 3.63) is 73.0 Å². The third kappa shape index (κ3) is 3.23. The highest BCUT2D eigenvalue weighted by Gasteiger charge is 2.11. The molecule has 0 spiro atoms. The molecule has 0 saturated heterocycles. The molecule has 0 aliphatic rings. The Balaban J connectivity index is 2.34. The summed E-state index contributed by atoms with van der Waals surface area (Å²) in [6, 6.07) is 14.8. The summed E-state index contributed by atoms with van der Waals surface area (Å²) in [5, 5.41) is 18.6. The lowest BCUT2D eigenvalue weighted by Crippen LogP contribution is -2.30. The number of hydrogen-bond acceptors (Lipinski definition) is 5. The second kappa shape index (κ2) is 7.26. The molecule has 0 aliphatic carbocycles. The fourth-order valence-corrected chi connectivity index (χ4v) is 3.58. The number of rotatable bonds is 3. The molecule has 1 aromatic carbocycles. The standard InChI is InChI=1S/C20H15N3O2S/c1-3-14-5-7-16(8-6-14)23-19(24)18(10-17-9-4-13(2)25-17)26-20(23)15(11-21)12-22/h4-10H,3H2,1-2H3/b18-10+. The number of thiazole rings is 1. The molecule has 0 amide bonds. The largest absolute Gasteiger partial charge is 0.462 e. The SMILES string of the molecule is CCc1ccc(-n2c(=C(C#N)C#N)s/c(=C/c3ccc(C)o3)c2=O)cc1. The van der Waals surface area contributed by atoms with Crippen LogP contribution in [0.5, 0.6) is 0 Å². The number of aromatic nitrogens is 1. The molecule has 3 rings (SSSR count). The Labute approximate surface area is 154 Å². The average Bonchev–Trinajstić information content (AvgIpc) is 3.20. The van der Waals surface area contributed by atoms with E-state index in [1.165, 1.54) is 4.57 Å². The third-order valence-electron chi connectivity index (χ3n) is 3.90. The topological polar surface area (TPSA) is 82.7 Å². The molecule has 0 aliphatic heterocycles. The van der Waals surface area contributed by atoms with E-state index in [0.29, 0.717) is 20.6 Å². The third-order valence-corrected chi connectivity index (χ3v) is 4.99. The van der Waals surface area contributed by atoms with Gasteiger partial charge in [-0.3, -0.25) is 9.36 Å². The van der Waals surface area contributed by atoms with Crippen LogP contribution in [0.1, 0.15) is 24.0 Å². The zero-order valence-electron chi connectivity index (χ0n) is 14.3. The minimum absolute atomic E-state index is 0.0954. The van der Waals surface area contributed by atoms with Crippen molar-refractivity contribution in [3.63, 3.8) is 0 Å². The molecule has 5 nitrogen and oxygen atoms in total. The van der Waals surface area contributed by atoms with E-state index in [1.807, 2.05) is 56.3 Å². The normalized spacial score (nSPS) is 11.2. The Morgan fingerprint density at radius 1 is 1.19 bits per heavy atom. The Kier molecular flexibility index (Phi) is 4.88. The molecule has 6 heteroatoms. The maximum atomic E-state index is 13.0. The Morgan fingerprint density at radius 2 is 1.88 bits per heavy atom. The van der Waals surface area contributed by atoms with Crippen molar-refractivity contribution >= 4 is 23.0 Å². The van der Waals surface area contributed by atoms with Crippen molar-refractivity contribution in [2.45, 2.75) is 20.3 Å². The van der Waals surface area contributed by atoms with Gasteiger partial charge in [0.05, 0.1) is 10.2 Å². The lowest BCUT2D eigenvalue weighted by Gasteiger charge is -2.03. The van der Waals surface area contributed by atoms with Gasteiger partial charge < -0.3 is 4.42 Å². The van der Waals surface area contributed by atoms with Crippen LogP contribution in [-0.2, 0) is 6.42 Å². The number of hydrogen-bond donors (Lipinski definition) is 0. The van der Waals surface area contributed by atoms with Gasteiger partial charge in [0.2, 0.25) is 0 Å². The molecule has 0 radical (unpaired) electrons. The number of benzene rings is 1. The highest BCUT2D eigenvalue weighted by atomic mass is 32.1. The summed E-state index contributed by atoms with van der Waals surface area (Å²) in [5.41, 5.74) is 1.38. The lowest BCUT2D eigenvalue weighted by molar-refractivity contribution is 0.525. The summed E-state index contributed by atoms with van der Waals surface area (Å²) >= 11 is 1.11. The number of nitriles is 2. The predicted molar refractivity (Wildman–Crippen MR) is 100 cm³/mol. The first-order valence-electron chi connectivity index (χ1n) is 8.01. The molecule has 0 bridgehead atoms. The summed E-state index contributed by atoms with van der Waals surface area (Å²) in [6.45, 7) is 3.87. The van der Waals surface area contributed by atoms with Gasteiger partial charge in [-0.25, -0.2) is 0 Å². The predicted octanol–water partition coefficient (Wildman–Crippen LogP) is 2.39. The van der Waals surface area contributed by atoms with Crippen molar-refractivity contribution in [1.29, 1.82) is 10.5 Å². The second-order valence-electron chi connectivity index (χ2n) is 5.62. The van der Waals surface area contributed by atoms with Crippen LogP contribution in [0, 0.1) is 29.6 Å². The molecule has 2 aromatic heterocycles. The number of aryl methyl sites for hydroxylation is 2. The summed E-state index contributed by atoms with van der Waals surface area (Å²) in [6.07, 6.45) is 2.52. The molecular formula is C20H15N3O2S. The monoisotopic (exact) mass is 361 g/mol. The van der Waals surface area contributed by atoms with Gasteiger partial charge >= 0.3 is 0 Å². The minimum atomic E-state index is -0.286. The molecule has 2 heterocycles. The van der Waals surface area contributed by atoms with E-state index in [2.05, 4.69) is 0 Å². The number of furan rings is 1. The Bertz CT molecular complexity index is 1200. The van der Waals surface area contributed by atoms with Crippen LogP contribution in [0.2, 0.25) is 0 Å². The molecule has 3 aromatic rings. The van der Waals surface area contributed by atoms with E-state index < -0.39 is 0 Å². The van der Waals surface area contributed by atoms with Crippen LogP contribution < -0.4 is 14.8 Å². The summed E-state index contributed by atoms with van der Waals surface area (Å²) < 4.78 is 7.64. The van der Waals surface area contributed by atoms with E-state index in [4.69, 9.17) is 4.42 Å². The van der Waals surface area contributed by atoms with Crippen LogP contribution in [0.25, 0.3) is 17.3 Å². The van der Waals surface area contributed by atoms with Crippen LogP contribution in [0.3, 0.4) is 0 Å². The molecule has 128 valence electrons. The molecule has 0 N–H and O–H groups in total. The number of nitrogens with zero attached hydrogens (tertiary/aromatic N) is 3. The van der Waals surface area contributed by atoms with Gasteiger partial charge in [-0.15, -0.1) is 11.3 Å². The first-order valence-corrected chi connectivity index (χ1v) is 8.83. The van der Waals surface area contributed by atoms with E-state index >= 15 is 0 Å². The van der Waals surface area contributed by atoms with Gasteiger partial charge in [-0.1, -0.05) is 19.1 Å². The highest BCUT2D eigenvalue weighted by molar-refractivity contribution is 7.07. The van der Waals surface area contributed by atoms with Gasteiger partial charge in [0, 0.05) is 6.08 Å². The smallest absolute Gasteiger partial charge is 0.273 e. The first-order chi connectivity index (χ1) is 12.6. The van der Waals surface area contributed by atoms with E-state index in [1.54, 1.807) is 12.1 Å².